The number of anilines is 1. The van der Waals surface area contributed by atoms with E-state index in [1.807, 2.05) is 25.1 Å². The summed E-state index contributed by atoms with van der Waals surface area (Å²) in [4.78, 5) is 38.0. The average Bonchev–Trinajstić information content (AvgIpc) is 3.13. The minimum absolute atomic E-state index is 0.0682. The van der Waals surface area contributed by atoms with Crippen molar-refractivity contribution in [2.45, 2.75) is 20.0 Å². The number of methoxy groups -OCH3 is 2. The molecule has 1 amide bonds. The number of nitrogens with zero attached hydrogens (tertiary/aromatic N) is 1. The first-order chi connectivity index (χ1) is 13.9. The Morgan fingerprint density at radius 2 is 1.83 bits per heavy atom. The number of benzene rings is 2. The van der Waals surface area contributed by atoms with Crippen molar-refractivity contribution in [1.29, 1.82) is 0 Å². The zero-order valence-electron chi connectivity index (χ0n) is 16.6. The zero-order valence-corrected chi connectivity index (χ0v) is 16.6. The molecule has 0 unspecified atom stereocenters. The first kappa shape index (κ1) is 20.4. The Bertz CT molecular complexity index is 921. The predicted octanol–water partition coefficient (Wildman–Crippen LogP) is 2.89. The third-order valence-electron chi connectivity index (χ3n) is 4.84. The van der Waals surface area contributed by atoms with Gasteiger partial charge < -0.3 is 19.1 Å². The van der Waals surface area contributed by atoms with E-state index < -0.39 is 17.9 Å². The molecule has 2 aromatic carbocycles. The number of carbonyl (C=O) groups excluding carboxylic acids is 3. The molecule has 7 heteroatoms. The molecule has 0 radical (unpaired) electrons. The van der Waals surface area contributed by atoms with E-state index in [1.54, 1.807) is 36.3 Å². The summed E-state index contributed by atoms with van der Waals surface area (Å²) in [5, 5.41) is 0. The van der Waals surface area contributed by atoms with Crippen LogP contribution in [0.3, 0.4) is 0 Å². The van der Waals surface area contributed by atoms with Crippen LogP contribution >= 0.6 is 0 Å². The lowest BCUT2D eigenvalue weighted by atomic mass is 10.1. The molecule has 0 aromatic heterocycles. The Morgan fingerprint density at radius 1 is 1.10 bits per heavy atom. The quantitative estimate of drug-likeness (QED) is 0.697. The van der Waals surface area contributed by atoms with Crippen LogP contribution in [0, 0.1) is 12.8 Å². The fourth-order valence-corrected chi connectivity index (χ4v) is 3.24. The van der Waals surface area contributed by atoms with Gasteiger partial charge >= 0.3 is 11.9 Å². The van der Waals surface area contributed by atoms with Gasteiger partial charge in [-0.3, -0.25) is 9.59 Å². The lowest BCUT2D eigenvalue weighted by molar-refractivity contribution is -0.149. The Morgan fingerprint density at radius 3 is 2.48 bits per heavy atom. The first-order valence-corrected chi connectivity index (χ1v) is 9.22. The third kappa shape index (κ3) is 4.56. The highest BCUT2D eigenvalue weighted by molar-refractivity contribution is 6.00. The maximum atomic E-state index is 12.5. The molecule has 1 heterocycles. The fourth-order valence-electron chi connectivity index (χ4n) is 3.24. The lowest BCUT2D eigenvalue weighted by Gasteiger charge is -2.20. The number of carbonyl (C=O) groups is 3. The van der Waals surface area contributed by atoms with Crippen molar-refractivity contribution in [3.8, 4) is 5.75 Å². The molecule has 7 nitrogen and oxygen atoms in total. The van der Waals surface area contributed by atoms with E-state index in [0.717, 1.165) is 11.1 Å². The van der Waals surface area contributed by atoms with Gasteiger partial charge in [0.25, 0.3) is 0 Å². The molecule has 3 rings (SSSR count). The molecule has 0 spiro atoms. The SMILES string of the molecule is COC(=O)c1ccc(COC(=O)[C@H]2CC(=O)N(c3cc(C)ccc3OC)C2)cc1. The van der Waals surface area contributed by atoms with Crippen molar-refractivity contribution in [2.75, 3.05) is 25.7 Å². The van der Waals surface area contributed by atoms with E-state index in [2.05, 4.69) is 4.74 Å². The molecule has 1 aliphatic rings. The molecule has 152 valence electrons. The third-order valence-corrected chi connectivity index (χ3v) is 4.84. The second kappa shape index (κ2) is 8.77. The number of ether oxygens (including phenoxy) is 3. The second-order valence-electron chi connectivity index (χ2n) is 6.88. The Labute approximate surface area is 169 Å². The summed E-state index contributed by atoms with van der Waals surface area (Å²) in [5.74, 6) is -0.946. The zero-order chi connectivity index (χ0) is 21.0. The molecule has 1 aliphatic heterocycles. The summed E-state index contributed by atoms with van der Waals surface area (Å²) in [5.41, 5.74) is 2.82. The van der Waals surface area contributed by atoms with Gasteiger partial charge in [0.1, 0.15) is 12.4 Å². The van der Waals surface area contributed by atoms with Gasteiger partial charge in [-0.1, -0.05) is 18.2 Å². The van der Waals surface area contributed by atoms with E-state index in [9.17, 15) is 14.4 Å². The van der Waals surface area contributed by atoms with Gasteiger partial charge in [-0.05, 0) is 42.3 Å². The van der Waals surface area contributed by atoms with Crippen molar-refractivity contribution in [3.05, 3.63) is 59.2 Å². The Balaban J connectivity index is 1.62. The van der Waals surface area contributed by atoms with Gasteiger partial charge in [-0.15, -0.1) is 0 Å². The van der Waals surface area contributed by atoms with Crippen LogP contribution in [0.4, 0.5) is 5.69 Å². The molecule has 1 saturated heterocycles. The van der Waals surface area contributed by atoms with E-state index >= 15 is 0 Å². The second-order valence-corrected chi connectivity index (χ2v) is 6.88. The van der Waals surface area contributed by atoms with Gasteiger partial charge in [0.05, 0.1) is 31.4 Å². The lowest BCUT2D eigenvalue weighted by Crippen LogP contribution is -2.27. The molecular weight excluding hydrogens is 374 g/mol. The number of esters is 2. The van der Waals surface area contributed by atoms with Gasteiger partial charge in [0.2, 0.25) is 5.91 Å². The number of hydrogen-bond donors (Lipinski definition) is 0. The highest BCUT2D eigenvalue weighted by Gasteiger charge is 2.37. The van der Waals surface area contributed by atoms with Crippen LogP contribution in [0.15, 0.2) is 42.5 Å². The number of amides is 1. The number of aryl methyl sites for hydroxylation is 1. The van der Waals surface area contributed by atoms with Crippen LogP contribution in [0.2, 0.25) is 0 Å². The molecule has 0 bridgehead atoms. The van der Waals surface area contributed by atoms with Crippen molar-refractivity contribution in [2.24, 2.45) is 5.92 Å². The predicted molar refractivity (Wildman–Crippen MR) is 106 cm³/mol. The summed E-state index contributed by atoms with van der Waals surface area (Å²) < 4.78 is 15.4. The number of rotatable bonds is 6. The van der Waals surface area contributed by atoms with E-state index in [4.69, 9.17) is 9.47 Å². The van der Waals surface area contributed by atoms with Gasteiger partial charge in [0.15, 0.2) is 0 Å². The molecule has 0 aliphatic carbocycles. The molecule has 29 heavy (non-hydrogen) atoms. The fraction of sp³-hybridized carbons (Fsp3) is 0.318. The number of hydrogen-bond acceptors (Lipinski definition) is 6. The maximum absolute atomic E-state index is 12.5. The highest BCUT2D eigenvalue weighted by Crippen LogP contribution is 2.34. The Kier molecular flexibility index (Phi) is 6.16. The van der Waals surface area contributed by atoms with E-state index in [-0.39, 0.29) is 25.5 Å². The minimum Gasteiger partial charge on any atom is -0.495 e. The average molecular weight is 397 g/mol. The smallest absolute Gasteiger partial charge is 0.337 e. The molecule has 1 atom stereocenters. The van der Waals surface area contributed by atoms with Crippen LogP contribution in [0.5, 0.6) is 5.75 Å². The maximum Gasteiger partial charge on any atom is 0.337 e. The van der Waals surface area contributed by atoms with E-state index in [1.165, 1.54) is 7.11 Å². The van der Waals surface area contributed by atoms with Crippen LogP contribution in [0.25, 0.3) is 0 Å². The topological polar surface area (TPSA) is 82.1 Å². The summed E-state index contributed by atoms with van der Waals surface area (Å²) in [6.45, 7) is 2.25. The van der Waals surface area contributed by atoms with Crippen molar-refractivity contribution < 1.29 is 28.6 Å². The molecule has 0 N–H and O–H groups in total. The largest absolute Gasteiger partial charge is 0.495 e. The molecule has 2 aromatic rings. The standard InChI is InChI=1S/C22H23NO6/c1-14-4-9-19(27-2)18(10-14)23-12-17(11-20(23)24)22(26)29-13-15-5-7-16(8-6-15)21(25)28-3/h4-10,17H,11-13H2,1-3H3/t17-/m0/s1. The van der Waals surface area contributed by atoms with Crippen molar-refractivity contribution in [1.82, 2.24) is 0 Å². The van der Waals surface area contributed by atoms with Crippen LogP contribution in [-0.4, -0.2) is 38.6 Å². The van der Waals surface area contributed by atoms with Gasteiger partial charge in [-0.25, -0.2) is 4.79 Å². The summed E-state index contributed by atoms with van der Waals surface area (Å²) in [6.07, 6.45) is 0.0945. The van der Waals surface area contributed by atoms with Gasteiger partial charge in [-0.2, -0.15) is 0 Å². The molecule has 1 fully saturated rings. The minimum atomic E-state index is -0.540. The van der Waals surface area contributed by atoms with Crippen LogP contribution in [0.1, 0.15) is 27.9 Å². The summed E-state index contributed by atoms with van der Waals surface area (Å²) in [7, 11) is 2.86. The van der Waals surface area contributed by atoms with Crippen molar-refractivity contribution >= 4 is 23.5 Å². The van der Waals surface area contributed by atoms with E-state index in [0.29, 0.717) is 17.0 Å². The first-order valence-electron chi connectivity index (χ1n) is 9.22. The molecule has 0 saturated carbocycles. The van der Waals surface area contributed by atoms with Crippen LogP contribution in [-0.2, 0) is 25.7 Å². The highest BCUT2D eigenvalue weighted by atomic mass is 16.5. The van der Waals surface area contributed by atoms with Gasteiger partial charge in [0, 0.05) is 13.0 Å². The van der Waals surface area contributed by atoms with Crippen molar-refractivity contribution in [3.63, 3.8) is 0 Å². The summed E-state index contributed by atoms with van der Waals surface area (Å²) in [6, 6.07) is 12.2. The summed E-state index contributed by atoms with van der Waals surface area (Å²) >= 11 is 0. The normalized spacial score (nSPS) is 15.9. The monoisotopic (exact) mass is 397 g/mol. The van der Waals surface area contributed by atoms with Crippen LogP contribution < -0.4 is 9.64 Å². The molecular formula is C22H23NO6. The Hall–Kier alpha value is -3.35.